The van der Waals surface area contributed by atoms with Crippen molar-refractivity contribution in [3.8, 4) is 0 Å². The Balaban J connectivity index is 4.72. The van der Waals surface area contributed by atoms with E-state index in [-0.39, 0.29) is 13.1 Å². The second-order valence-corrected chi connectivity index (χ2v) is 4.03. The number of carbonyl (C=O) groups is 4. The summed E-state index contributed by atoms with van der Waals surface area (Å²) in [5, 5.41) is 43.3. The molecular weight excluding hydrogens is 292 g/mol. The molecule has 0 bridgehead atoms. The molecule has 11 nitrogen and oxygen atoms in total. The number of rotatable bonds is 10. The van der Waals surface area contributed by atoms with Crippen molar-refractivity contribution in [3.63, 3.8) is 0 Å². The van der Waals surface area contributed by atoms with Crippen LogP contribution in [0, 0.1) is 0 Å². The highest BCUT2D eigenvalue weighted by molar-refractivity contribution is 5.83. The van der Waals surface area contributed by atoms with Crippen LogP contribution in [-0.4, -0.2) is 98.2 Å². The Bertz CT molecular complexity index is 393. The molecule has 0 aromatic carbocycles. The van der Waals surface area contributed by atoms with Gasteiger partial charge in [0.15, 0.2) is 0 Å². The van der Waals surface area contributed by atoms with Crippen LogP contribution in [0.2, 0.25) is 0 Å². The fourth-order valence-corrected chi connectivity index (χ4v) is 1.45. The first-order chi connectivity index (χ1) is 9.63. The Morgan fingerprint density at radius 2 is 1.19 bits per heavy atom. The summed E-state index contributed by atoms with van der Waals surface area (Å²) < 4.78 is 0. The van der Waals surface area contributed by atoms with Gasteiger partial charge in [-0.05, 0) is 0 Å². The molecule has 11 heteroatoms. The summed E-state index contributed by atoms with van der Waals surface area (Å²) in [4.78, 5) is 44.6. The molecule has 0 aromatic heterocycles. The van der Waals surface area contributed by atoms with Crippen LogP contribution in [0.15, 0.2) is 0 Å². The zero-order valence-electron chi connectivity index (χ0n) is 10.9. The van der Waals surface area contributed by atoms with Crippen LogP contribution in [0.3, 0.4) is 0 Å². The van der Waals surface area contributed by atoms with Gasteiger partial charge in [0.1, 0.15) is 6.54 Å². The summed E-state index contributed by atoms with van der Waals surface area (Å²) >= 11 is 0. The summed E-state index contributed by atoms with van der Waals surface area (Å²) in [6.07, 6.45) is -2.41. The van der Waals surface area contributed by atoms with E-state index in [9.17, 15) is 19.2 Å². The van der Waals surface area contributed by atoms with Gasteiger partial charge in [0.05, 0.1) is 13.1 Å². The minimum absolute atomic E-state index is 0.260. The second-order valence-electron chi connectivity index (χ2n) is 4.03. The van der Waals surface area contributed by atoms with Crippen molar-refractivity contribution in [2.24, 2.45) is 0 Å². The van der Waals surface area contributed by atoms with E-state index in [1.807, 2.05) is 0 Å². The van der Waals surface area contributed by atoms with Gasteiger partial charge in [-0.25, -0.2) is 0 Å². The molecule has 120 valence electrons. The van der Waals surface area contributed by atoms with Gasteiger partial charge in [0.2, 0.25) is 6.29 Å². The van der Waals surface area contributed by atoms with Crippen LogP contribution in [0.4, 0.5) is 0 Å². The van der Waals surface area contributed by atoms with Gasteiger partial charge in [0.25, 0.3) is 5.91 Å². The van der Waals surface area contributed by atoms with Crippen molar-refractivity contribution in [1.29, 1.82) is 0 Å². The molecule has 0 aliphatic heterocycles. The summed E-state index contributed by atoms with van der Waals surface area (Å²) in [5.74, 6) is -5.28. The smallest absolute Gasteiger partial charge is 0.323 e. The van der Waals surface area contributed by atoms with Gasteiger partial charge in [0, 0.05) is 13.1 Å². The molecule has 0 spiro atoms. The molecule has 5 N–H and O–H groups in total. The molecule has 0 unspecified atom stereocenters. The number of carboxylic acids is 3. The predicted molar refractivity (Wildman–Crippen MR) is 64.2 cm³/mol. The van der Waals surface area contributed by atoms with E-state index < -0.39 is 49.7 Å². The third kappa shape index (κ3) is 8.52. The van der Waals surface area contributed by atoms with Crippen molar-refractivity contribution in [2.75, 3.05) is 32.7 Å². The van der Waals surface area contributed by atoms with Crippen LogP contribution in [0.1, 0.15) is 0 Å². The lowest BCUT2D eigenvalue weighted by molar-refractivity contribution is -0.162. The van der Waals surface area contributed by atoms with E-state index in [1.165, 1.54) is 0 Å². The number of aliphatic hydroxyl groups is 2. The maximum absolute atomic E-state index is 11.3. The van der Waals surface area contributed by atoms with Crippen LogP contribution in [0.25, 0.3) is 0 Å². The second kappa shape index (κ2) is 8.84. The van der Waals surface area contributed by atoms with Gasteiger partial charge in [-0.2, -0.15) is 0 Å². The normalized spacial score (nSPS) is 10.7. The minimum atomic E-state index is -2.41. The molecule has 0 rings (SSSR count). The molecule has 1 amide bonds. The van der Waals surface area contributed by atoms with Crippen molar-refractivity contribution in [2.45, 2.75) is 6.29 Å². The lowest BCUT2D eigenvalue weighted by Crippen LogP contribution is -2.47. The average Bonchev–Trinajstić information content (AvgIpc) is 2.31. The first-order valence-electron chi connectivity index (χ1n) is 5.66. The Kier molecular flexibility index (Phi) is 7.89. The molecule has 0 aliphatic rings. The monoisotopic (exact) mass is 308 g/mol. The van der Waals surface area contributed by atoms with Crippen molar-refractivity contribution in [3.05, 3.63) is 0 Å². The number of hydrogen-bond acceptors (Lipinski definition) is 7. The minimum Gasteiger partial charge on any atom is -0.480 e. The SMILES string of the molecule is O=C(O)CN(CCN(CC(=O)O)C(=O)C(O)O)CC(=O)O. The zero-order valence-corrected chi connectivity index (χ0v) is 10.9. The molecule has 0 saturated carbocycles. The topological polar surface area (TPSA) is 176 Å². The van der Waals surface area contributed by atoms with Crippen molar-refractivity contribution >= 4 is 23.8 Å². The number of hydrogen-bond donors (Lipinski definition) is 5. The molecule has 0 atom stereocenters. The number of aliphatic hydroxyl groups excluding tert-OH is 1. The van der Waals surface area contributed by atoms with Crippen LogP contribution >= 0.6 is 0 Å². The predicted octanol–water partition coefficient (Wildman–Crippen LogP) is -3.32. The number of amides is 1. The van der Waals surface area contributed by atoms with E-state index in [0.29, 0.717) is 4.90 Å². The fourth-order valence-electron chi connectivity index (χ4n) is 1.45. The first-order valence-corrected chi connectivity index (χ1v) is 5.66. The molecule has 0 radical (unpaired) electrons. The number of aliphatic carboxylic acids is 3. The van der Waals surface area contributed by atoms with E-state index in [1.54, 1.807) is 0 Å². The van der Waals surface area contributed by atoms with E-state index in [2.05, 4.69) is 0 Å². The summed E-state index contributed by atoms with van der Waals surface area (Å²) in [6, 6.07) is 0. The lowest BCUT2D eigenvalue weighted by Gasteiger charge is -2.25. The largest absolute Gasteiger partial charge is 0.480 e. The van der Waals surface area contributed by atoms with Gasteiger partial charge >= 0.3 is 17.9 Å². The highest BCUT2D eigenvalue weighted by Crippen LogP contribution is 1.97. The standard InChI is InChI=1S/C10H16N2O9/c13-6(14)3-11(4-7(15)16)1-2-12(5-8(17)18)9(19)10(20)21/h10,20-21H,1-5H2,(H,13,14)(H,15,16)(H,17,18). The number of nitrogens with zero attached hydrogens (tertiary/aromatic N) is 2. The Labute approximate surface area is 118 Å². The molecule has 0 aromatic rings. The van der Waals surface area contributed by atoms with Gasteiger partial charge in [-0.1, -0.05) is 0 Å². The summed E-state index contributed by atoms with van der Waals surface area (Å²) in [6.45, 7) is -2.70. The first kappa shape index (κ1) is 18.8. The van der Waals surface area contributed by atoms with Crippen molar-refractivity contribution in [1.82, 2.24) is 9.80 Å². The third-order valence-corrected chi connectivity index (χ3v) is 2.26. The Morgan fingerprint density at radius 3 is 1.52 bits per heavy atom. The fraction of sp³-hybridized carbons (Fsp3) is 0.600. The van der Waals surface area contributed by atoms with Crippen LogP contribution in [-0.2, 0) is 19.2 Å². The average molecular weight is 308 g/mol. The quantitative estimate of drug-likeness (QED) is 0.257. The van der Waals surface area contributed by atoms with Crippen LogP contribution < -0.4 is 0 Å². The lowest BCUT2D eigenvalue weighted by atomic mass is 10.3. The molecule has 0 heterocycles. The highest BCUT2D eigenvalue weighted by atomic mass is 16.5. The maximum atomic E-state index is 11.3. The number of carboxylic acid groups (broad SMARTS) is 3. The van der Waals surface area contributed by atoms with Crippen molar-refractivity contribution < 1.29 is 44.7 Å². The molecule has 21 heavy (non-hydrogen) atoms. The third-order valence-electron chi connectivity index (χ3n) is 2.26. The van der Waals surface area contributed by atoms with Gasteiger partial charge in [-0.3, -0.25) is 24.1 Å². The van der Waals surface area contributed by atoms with E-state index >= 15 is 0 Å². The number of carbonyl (C=O) groups excluding carboxylic acids is 1. The molecule has 0 fully saturated rings. The Morgan fingerprint density at radius 1 is 0.762 bits per heavy atom. The summed E-state index contributed by atoms with van der Waals surface area (Å²) in [7, 11) is 0. The summed E-state index contributed by atoms with van der Waals surface area (Å²) in [5.41, 5.74) is 0. The van der Waals surface area contributed by atoms with Gasteiger partial charge < -0.3 is 30.4 Å². The Hall–Kier alpha value is -2.24. The molecular formula is C10H16N2O9. The van der Waals surface area contributed by atoms with Gasteiger partial charge in [-0.15, -0.1) is 0 Å². The molecule has 0 aliphatic carbocycles. The van der Waals surface area contributed by atoms with Crippen LogP contribution in [0.5, 0.6) is 0 Å². The van der Waals surface area contributed by atoms with E-state index in [0.717, 1.165) is 4.90 Å². The molecule has 0 saturated heterocycles. The maximum Gasteiger partial charge on any atom is 0.323 e. The van der Waals surface area contributed by atoms with E-state index in [4.69, 9.17) is 25.5 Å². The zero-order chi connectivity index (χ0) is 16.6. The highest BCUT2D eigenvalue weighted by Gasteiger charge is 2.23.